The Kier molecular flexibility index (Phi) is 7.46. The van der Waals surface area contributed by atoms with Crippen LogP contribution in [0.2, 0.25) is 0 Å². The lowest BCUT2D eigenvalue weighted by atomic mass is 9.87. The normalized spacial score (nSPS) is 18.6. The molecule has 0 amide bonds. The molecule has 1 aliphatic rings. The first-order valence-electron chi connectivity index (χ1n) is 9.43. The Balaban J connectivity index is 1.94. The molecule has 1 atom stereocenters. The molecule has 0 radical (unpaired) electrons. The van der Waals surface area contributed by atoms with Gasteiger partial charge in [-0.15, -0.1) is 0 Å². The summed E-state index contributed by atoms with van der Waals surface area (Å²) in [5.74, 6) is 2.46. The Morgan fingerprint density at radius 1 is 1.27 bits per heavy atom. The number of sulfonamides is 1. The largest absolute Gasteiger partial charge is 0.352 e. The standard InChI is InChI=1S/C19H32N4O2S/c1-5-16(6-2)17-11-12-23(14-17)19(20-3)22-13-15-7-9-18(10-8-15)26(24,25)21-4/h7-10,16-17,21H,5-6,11-14H2,1-4H3,(H,20,22). The van der Waals surface area contributed by atoms with Gasteiger partial charge < -0.3 is 10.2 Å². The second kappa shape index (κ2) is 9.37. The molecule has 1 aromatic carbocycles. The molecule has 0 aromatic heterocycles. The van der Waals surface area contributed by atoms with Crippen molar-refractivity contribution in [3.05, 3.63) is 29.8 Å². The average molecular weight is 381 g/mol. The highest BCUT2D eigenvalue weighted by atomic mass is 32.2. The highest BCUT2D eigenvalue weighted by Gasteiger charge is 2.29. The van der Waals surface area contributed by atoms with Gasteiger partial charge in [0.25, 0.3) is 0 Å². The van der Waals surface area contributed by atoms with E-state index in [2.05, 4.69) is 33.8 Å². The molecule has 0 spiro atoms. The van der Waals surface area contributed by atoms with E-state index in [-0.39, 0.29) is 4.90 Å². The lowest BCUT2D eigenvalue weighted by Gasteiger charge is -2.24. The topological polar surface area (TPSA) is 73.8 Å². The molecule has 26 heavy (non-hydrogen) atoms. The van der Waals surface area contributed by atoms with Crippen molar-refractivity contribution in [2.75, 3.05) is 27.2 Å². The quantitative estimate of drug-likeness (QED) is 0.563. The lowest BCUT2D eigenvalue weighted by molar-refractivity contribution is 0.319. The molecule has 6 nitrogen and oxygen atoms in total. The van der Waals surface area contributed by atoms with E-state index in [4.69, 9.17) is 0 Å². The van der Waals surface area contributed by atoms with Crippen LogP contribution < -0.4 is 10.0 Å². The van der Waals surface area contributed by atoms with Crippen LogP contribution in [0.4, 0.5) is 0 Å². The Bertz CT molecular complexity index is 697. The third-order valence-electron chi connectivity index (χ3n) is 5.40. The van der Waals surface area contributed by atoms with Gasteiger partial charge in [0, 0.05) is 26.7 Å². The van der Waals surface area contributed by atoms with Crippen molar-refractivity contribution in [2.24, 2.45) is 16.8 Å². The van der Waals surface area contributed by atoms with Gasteiger partial charge in [0.05, 0.1) is 4.90 Å². The number of rotatable bonds is 7. The number of nitrogens with zero attached hydrogens (tertiary/aromatic N) is 2. The van der Waals surface area contributed by atoms with E-state index in [1.54, 1.807) is 12.1 Å². The zero-order valence-corrected chi connectivity index (χ0v) is 17.1. The summed E-state index contributed by atoms with van der Waals surface area (Å²) in [5, 5.41) is 3.41. The maximum atomic E-state index is 11.8. The van der Waals surface area contributed by atoms with Gasteiger partial charge in [0.1, 0.15) is 0 Å². The Morgan fingerprint density at radius 3 is 2.46 bits per heavy atom. The molecule has 2 N–H and O–H groups in total. The molecule has 1 heterocycles. The van der Waals surface area contributed by atoms with Crippen molar-refractivity contribution in [3.63, 3.8) is 0 Å². The van der Waals surface area contributed by atoms with Gasteiger partial charge in [-0.1, -0.05) is 38.8 Å². The van der Waals surface area contributed by atoms with Crippen LogP contribution in [0, 0.1) is 11.8 Å². The monoisotopic (exact) mass is 380 g/mol. The highest BCUT2D eigenvalue weighted by Crippen LogP contribution is 2.28. The molecular formula is C19H32N4O2S. The Labute approximate surface area is 158 Å². The first-order valence-corrected chi connectivity index (χ1v) is 10.9. The average Bonchev–Trinajstić information content (AvgIpc) is 3.13. The molecule has 0 bridgehead atoms. The molecular weight excluding hydrogens is 348 g/mol. The molecule has 1 aromatic rings. The van der Waals surface area contributed by atoms with E-state index >= 15 is 0 Å². The first kappa shape index (κ1) is 20.7. The Hall–Kier alpha value is -1.60. The molecule has 1 unspecified atom stereocenters. The molecule has 1 fully saturated rings. The maximum Gasteiger partial charge on any atom is 0.240 e. The second-order valence-electron chi connectivity index (χ2n) is 6.82. The third kappa shape index (κ3) is 4.98. The fourth-order valence-electron chi connectivity index (χ4n) is 3.74. The number of aliphatic imine (C=N–C) groups is 1. The third-order valence-corrected chi connectivity index (χ3v) is 6.83. The number of nitrogens with one attached hydrogen (secondary N) is 2. The van der Waals surface area contributed by atoms with Crippen LogP contribution in [0.1, 0.15) is 38.7 Å². The van der Waals surface area contributed by atoms with Crippen molar-refractivity contribution >= 4 is 16.0 Å². The van der Waals surface area contributed by atoms with Gasteiger partial charge in [-0.05, 0) is 43.0 Å². The van der Waals surface area contributed by atoms with E-state index in [1.165, 1.54) is 26.3 Å². The van der Waals surface area contributed by atoms with Gasteiger partial charge in [0.15, 0.2) is 5.96 Å². The van der Waals surface area contributed by atoms with E-state index < -0.39 is 10.0 Å². The van der Waals surface area contributed by atoms with Crippen molar-refractivity contribution in [3.8, 4) is 0 Å². The number of guanidine groups is 1. The predicted molar refractivity (Wildman–Crippen MR) is 107 cm³/mol. The van der Waals surface area contributed by atoms with E-state index in [0.717, 1.165) is 36.4 Å². The highest BCUT2D eigenvalue weighted by molar-refractivity contribution is 7.89. The van der Waals surface area contributed by atoms with Crippen molar-refractivity contribution in [1.82, 2.24) is 14.9 Å². The Morgan fingerprint density at radius 2 is 1.92 bits per heavy atom. The summed E-state index contributed by atoms with van der Waals surface area (Å²) in [6, 6.07) is 6.93. The molecule has 0 aliphatic carbocycles. The SMILES string of the molecule is CCC(CC)C1CCN(C(=NC)NCc2ccc(S(=O)(=O)NC)cc2)C1. The summed E-state index contributed by atoms with van der Waals surface area (Å²) in [7, 11) is -0.155. The summed E-state index contributed by atoms with van der Waals surface area (Å²) in [6.45, 7) is 7.29. The van der Waals surface area contributed by atoms with Gasteiger partial charge in [-0.3, -0.25) is 4.99 Å². The second-order valence-corrected chi connectivity index (χ2v) is 8.71. The van der Waals surface area contributed by atoms with Crippen molar-refractivity contribution in [2.45, 2.75) is 44.6 Å². The van der Waals surface area contributed by atoms with Gasteiger partial charge >= 0.3 is 0 Å². The summed E-state index contributed by atoms with van der Waals surface area (Å²) in [4.78, 5) is 7.04. The minimum absolute atomic E-state index is 0.278. The number of likely N-dealkylation sites (tertiary alicyclic amines) is 1. The van der Waals surface area contributed by atoms with Crippen LogP contribution in [0.5, 0.6) is 0 Å². The maximum absolute atomic E-state index is 11.8. The van der Waals surface area contributed by atoms with E-state index in [9.17, 15) is 8.42 Å². The summed E-state index contributed by atoms with van der Waals surface area (Å²) >= 11 is 0. The molecule has 1 saturated heterocycles. The summed E-state index contributed by atoms with van der Waals surface area (Å²) in [6.07, 6.45) is 3.70. The number of hydrogen-bond acceptors (Lipinski definition) is 3. The molecule has 1 aliphatic heterocycles. The van der Waals surface area contributed by atoms with Gasteiger partial charge in [-0.2, -0.15) is 0 Å². The molecule has 7 heteroatoms. The van der Waals surface area contributed by atoms with E-state index in [0.29, 0.717) is 6.54 Å². The van der Waals surface area contributed by atoms with Crippen LogP contribution in [-0.4, -0.2) is 46.5 Å². The van der Waals surface area contributed by atoms with Crippen LogP contribution in [0.15, 0.2) is 34.2 Å². The fourth-order valence-corrected chi connectivity index (χ4v) is 4.47. The van der Waals surface area contributed by atoms with Crippen molar-refractivity contribution < 1.29 is 8.42 Å². The summed E-state index contributed by atoms with van der Waals surface area (Å²) in [5.41, 5.74) is 1.02. The van der Waals surface area contributed by atoms with Crippen molar-refractivity contribution in [1.29, 1.82) is 0 Å². The van der Waals surface area contributed by atoms with Crippen LogP contribution in [0.3, 0.4) is 0 Å². The molecule has 0 saturated carbocycles. The minimum atomic E-state index is -3.39. The zero-order chi connectivity index (χ0) is 19.2. The smallest absolute Gasteiger partial charge is 0.240 e. The van der Waals surface area contributed by atoms with Crippen LogP contribution in [-0.2, 0) is 16.6 Å². The first-order chi connectivity index (χ1) is 12.4. The number of hydrogen-bond donors (Lipinski definition) is 2. The van der Waals surface area contributed by atoms with Crippen LogP contribution >= 0.6 is 0 Å². The van der Waals surface area contributed by atoms with Gasteiger partial charge in [0.2, 0.25) is 10.0 Å². The van der Waals surface area contributed by atoms with Crippen LogP contribution in [0.25, 0.3) is 0 Å². The predicted octanol–water partition coefficient (Wildman–Crippen LogP) is 2.43. The van der Waals surface area contributed by atoms with Gasteiger partial charge in [-0.25, -0.2) is 13.1 Å². The molecule has 2 rings (SSSR count). The number of benzene rings is 1. The zero-order valence-electron chi connectivity index (χ0n) is 16.3. The summed E-state index contributed by atoms with van der Waals surface area (Å²) < 4.78 is 25.9. The van der Waals surface area contributed by atoms with E-state index in [1.807, 2.05) is 19.2 Å². The lowest BCUT2D eigenvalue weighted by Crippen LogP contribution is -2.40. The minimum Gasteiger partial charge on any atom is -0.352 e. The fraction of sp³-hybridized carbons (Fsp3) is 0.632. The molecule has 146 valence electrons.